The highest BCUT2D eigenvalue weighted by atomic mass is 19.1. The molecule has 0 saturated carbocycles. The van der Waals surface area contributed by atoms with Crippen LogP contribution in [0.1, 0.15) is 36.8 Å². The lowest BCUT2D eigenvalue weighted by Crippen LogP contribution is -2.38. The van der Waals surface area contributed by atoms with Gasteiger partial charge in [-0.15, -0.1) is 0 Å². The van der Waals surface area contributed by atoms with Gasteiger partial charge in [0.05, 0.1) is 19.3 Å². The molecule has 1 N–H and O–H groups in total. The van der Waals surface area contributed by atoms with Gasteiger partial charge in [0.15, 0.2) is 23.3 Å². The number of benzene rings is 1. The minimum absolute atomic E-state index is 0.236. The van der Waals surface area contributed by atoms with Crippen molar-refractivity contribution in [1.82, 2.24) is 15.4 Å². The SMILES string of the molecule is CN=C(NCc1cc(C(C)C)no1)N(C)Cc1ccc(OC)c(F)c1. The number of nitrogens with one attached hydrogen (secondary N) is 1. The second kappa shape index (κ2) is 8.50. The molecule has 6 nitrogen and oxygen atoms in total. The third-order valence-electron chi connectivity index (χ3n) is 3.80. The first-order valence-corrected chi connectivity index (χ1v) is 8.14. The molecule has 0 radical (unpaired) electrons. The highest BCUT2D eigenvalue weighted by molar-refractivity contribution is 5.79. The van der Waals surface area contributed by atoms with Crippen molar-refractivity contribution in [3.8, 4) is 5.75 Å². The lowest BCUT2D eigenvalue weighted by Gasteiger charge is -2.22. The third-order valence-corrected chi connectivity index (χ3v) is 3.80. The van der Waals surface area contributed by atoms with Gasteiger partial charge in [0.2, 0.25) is 0 Å². The zero-order chi connectivity index (χ0) is 18.4. The molecule has 2 rings (SSSR count). The normalized spacial score (nSPS) is 11.7. The Hall–Kier alpha value is -2.57. The fraction of sp³-hybridized carbons (Fsp3) is 0.444. The maximum absolute atomic E-state index is 13.8. The molecule has 0 unspecified atom stereocenters. The number of hydrogen-bond donors (Lipinski definition) is 1. The summed E-state index contributed by atoms with van der Waals surface area (Å²) in [6, 6.07) is 6.85. The highest BCUT2D eigenvalue weighted by Gasteiger charge is 2.11. The van der Waals surface area contributed by atoms with E-state index in [9.17, 15) is 4.39 Å². The Labute approximate surface area is 147 Å². The number of aromatic nitrogens is 1. The summed E-state index contributed by atoms with van der Waals surface area (Å²) in [4.78, 5) is 6.15. The predicted molar refractivity (Wildman–Crippen MR) is 95.2 cm³/mol. The first-order chi connectivity index (χ1) is 11.9. The van der Waals surface area contributed by atoms with Crippen molar-refractivity contribution in [1.29, 1.82) is 0 Å². The van der Waals surface area contributed by atoms with E-state index in [1.807, 2.05) is 24.1 Å². The van der Waals surface area contributed by atoms with Gasteiger partial charge in [0.1, 0.15) is 0 Å². The molecule has 0 aliphatic carbocycles. The molecule has 0 amide bonds. The zero-order valence-corrected chi connectivity index (χ0v) is 15.3. The molecule has 0 spiro atoms. The van der Waals surface area contributed by atoms with Gasteiger partial charge in [-0.3, -0.25) is 4.99 Å². The van der Waals surface area contributed by atoms with Crippen LogP contribution in [0, 0.1) is 5.82 Å². The Morgan fingerprint density at radius 2 is 2.16 bits per heavy atom. The molecule has 1 aromatic heterocycles. The van der Waals surface area contributed by atoms with Gasteiger partial charge in [0.25, 0.3) is 0 Å². The Bertz CT molecular complexity index is 728. The number of ether oxygens (including phenoxy) is 1. The minimum atomic E-state index is -0.376. The lowest BCUT2D eigenvalue weighted by atomic mass is 10.1. The van der Waals surface area contributed by atoms with Crippen LogP contribution >= 0.6 is 0 Å². The number of rotatable bonds is 6. The Morgan fingerprint density at radius 3 is 2.72 bits per heavy atom. The molecule has 0 bridgehead atoms. The molecule has 0 fully saturated rings. The van der Waals surface area contributed by atoms with Gasteiger partial charge in [-0.05, 0) is 23.6 Å². The molecule has 25 heavy (non-hydrogen) atoms. The summed E-state index contributed by atoms with van der Waals surface area (Å²) >= 11 is 0. The summed E-state index contributed by atoms with van der Waals surface area (Å²) in [5, 5.41) is 7.25. The second-order valence-electron chi connectivity index (χ2n) is 6.10. The van der Waals surface area contributed by atoms with E-state index in [4.69, 9.17) is 9.26 Å². The van der Waals surface area contributed by atoms with Gasteiger partial charge in [-0.2, -0.15) is 0 Å². The summed E-state index contributed by atoms with van der Waals surface area (Å²) in [5.41, 5.74) is 1.75. The number of methoxy groups -OCH3 is 1. The number of nitrogens with zero attached hydrogens (tertiary/aromatic N) is 3. The zero-order valence-electron chi connectivity index (χ0n) is 15.3. The fourth-order valence-electron chi connectivity index (χ4n) is 2.39. The Balaban J connectivity index is 1.96. The van der Waals surface area contributed by atoms with E-state index >= 15 is 0 Å². The van der Waals surface area contributed by atoms with Crippen LogP contribution in [0.5, 0.6) is 5.75 Å². The van der Waals surface area contributed by atoms with Crippen LogP contribution in [-0.4, -0.2) is 37.2 Å². The maximum atomic E-state index is 13.8. The molecule has 1 aromatic carbocycles. The summed E-state index contributed by atoms with van der Waals surface area (Å²) in [6.07, 6.45) is 0. The molecule has 7 heteroatoms. The van der Waals surface area contributed by atoms with E-state index in [0.717, 1.165) is 17.0 Å². The standard InChI is InChI=1S/C18H25FN4O2/c1-12(2)16-9-14(25-22-16)10-21-18(20-3)23(4)11-13-6-7-17(24-5)15(19)8-13/h6-9,12H,10-11H2,1-5H3,(H,20,21). The first kappa shape index (κ1) is 18.8. The van der Waals surface area contributed by atoms with Crippen LogP contribution < -0.4 is 10.1 Å². The minimum Gasteiger partial charge on any atom is -0.494 e. The molecule has 136 valence electrons. The van der Waals surface area contributed by atoms with E-state index in [0.29, 0.717) is 25.0 Å². The van der Waals surface area contributed by atoms with Crippen molar-refractivity contribution in [3.63, 3.8) is 0 Å². The molecule has 0 saturated heterocycles. The monoisotopic (exact) mass is 348 g/mol. The summed E-state index contributed by atoms with van der Waals surface area (Å²) < 4.78 is 24.1. The Morgan fingerprint density at radius 1 is 1.40 bits per heavy atom. The molecular weight excluding hydrogens is 323 g/mol. The molecular formula is C18H25FN4O2. The van der Waals surface area contributed by atoms with Crippen LogP contribution in [0.3, 0.4) is 0 Å². The number of guanidine groups is 1. The number of hydrogen-bond acceptors (Lipinski definition) is 4. The predicted octanol–water partition coefficient (Wildman–Crippen LogP) is 3.15. The van der Waals surface area contributed by atoms with Crippen molar-refractivity contribution >= 4 is 5.96 Å². The summed E-state index contributed by atoms with van der Waals surface area (Å²) in [6.45, 7) is 5.12. The van der Waals surface area contributed by atoms with E-state index < -0.39 is 0 Å². The average Bonchev–Trinajstić information content (AvgIpc) is 3.05. The smallest absolute Gasteiger partial charge is 0.194 e. The number of halogens is 1. The Kier molecular flexibility index (Phi) is 6.38. The van der Waals surface area contributed by atoms with Crippen molar-refractivity contribution in [2.45, 2.75) is 32.9 Å². The van der Waals surface area contributed by atoms with E-state index in [2.05, 4.69) is 29.3 Å². The maximum Gasteiger partial charge on any atom is 0.194 e. The number of aliphatic imine (C=N–C) groups is 1. The van der Waals surface area contributed by atoms with Crippen LogP contribution in [0.2, 0.25) is 0 Å². The molecule has 1 heterocycles. The first-order valence-electron chi connectivity index (χ1n) is 8.14. The van der Waals surface area contributed by atoms with Gasteiger partial charge in [-0.25, -0.2) is 4.39 Å². The molecule has 0 aliphatic heterocycles. The van der Waals surface area contributed by atoms with Gasteiger partial charge in [0, 0.05) is 26.7 Å². The van der Waals surface area contributed by atoms with E-state index in [1.165, 1.54) is 13.2 Å². The van der Waals surface area contributed by atoms with Crippen molar-refractivity contribution in [2.24, 2.45) is 4.99 Å². The van der Waals surface area contributed by atoms with Gasteiger partial charge < -0.3 is 19.5 Å². The third kappa shape index (κ3) is 4.95. The largest absolute Gasteiger partial charge is 0.494 e. The van der Waals surface area contributed by atoms with Crippen LogP contribution in [0.4, 0.5) is 4.39 Å². The molecule has 0 atom stereocenters. The van der Waals surface area contributed by atoms with Crippen molar-refractivity contribution in [3.05, 3.63) is 47.1 Å². The topological polar surface area (TPSA) is 62.9 Å². The second-order valence-corrected chi connectivity index (χ2v) is 6.10. The van der Waals surface area contributed by atoms with Gasteiger partial charge in [-0.1, -0.05) is 25.1 Å². The molecule has 0 aliphatic rings. The fourth-order valence-corrected chi connectivity index (χ4v) is 2.39. The van der Waals surface area contributed by atoms with E-state index in [1.54, 1.807) is 13.1 Å². The lowest BCUT2D eigenvalue weighted by molar-refractivity contribution is 0.368. The van der Waals surface area contributed by atoms with Gasteiger partial charge >= 0.3 is 0 Å². The van der Waals surface area contributed by atoms with Crippen LogP contribution in [0.25, 0.3) is 0 Å². The van der Waals surface area contributed by atoms with Crippen LogP contribution in [-0.2, 0) is 13.1 Å². The average molecular weight is 348 g/mol. The quantitative estimate of drug-likeness (QED) is 0.642. The molecule has 2 aromatic rings. The summed E-state index contributed by atoms with van der Waals surface area (Å²) in [7, 11) is 5.04. The van der Waals surface area contributed by atoms with Crippen LogP contribution in [0.15, 0.2) is 33.8 Å². The van der Waals surface area contributed by atoms with Crippen molar-refractivity contribution in [2.75, 3.05) is 21.2 Å². The van der Waals surface area contributed by atoms with Crippen molar-refractivity contribution < 1.29 is 13.7 Å². The highest BCUT2D eigenvalue weighted by Crippen LogP contribution is 2.18. The summed E-state index contributed by atoms with van der Waals surface area (Å²) in [5.74, 6) is 1.61. The van der Waals surface area contributed by atoms with E-state index in [-0.39, 0.29) is 11.6 Å².